The van der Waals surface area contributed by atoms with E-state index in [2.05, 4.69) is 10.1 Å². The molecular formula is C12H11N3O2S2. The third-order valence-electron chi connectivity index (χ3n) is 2.69. The van der Waals surface area contributed by atoms with Crippen molar-refractivity contribution in [2.75, 3.05) is 0 Å². The summed E-state index contributed by atoms with van der Waals surface area (Å²) in [6.45, 7) is 1.85. The Balaban J connectivity index is 1.92. The summed E-state index contributed by atoms with van der Waals surface area (Å²) in [4.78, 5) is 17.4. The van der Waals surface area contributed by atoms with Gasteiger partial charge in [0.05, 0.1) is 11.1 Å². The second kappa shape index (κ2) is 4.82. The number of rotatable bonds is 3. The Morgan fingerprint density at radius 3 is 3.11 bits per heavy atom. The van der Waals surface area contributed by atoms with Crippen LogP contribution in [0.1, 0.15) is 11.5 Å². The van der Waals surface area contributed by atoms with Gasteiger partial charge in [0.15, 0.2) is 5.16 Å². The average molecular weight is 293 g/mol. The van der Waals surface area contributed by atoms with Gasteiger partial charge in [0.1, 0.15) is 10.6 Å². The Hall–Kier alpha value is -1.60. The zero-order valence-corrected chi connectivity index (χ0v) is 12.0. The van der Waals surface area contributed by atoms with E-state index in [-0.39, 0.29) is 5.56 Å². The van der Waals surface area contributed by atoms with Crippen LogP contribution >= 0.6 is 23.1 Å². The summed E-state index contributed by atoms with van der Waals surface area (Å²) in [6.07, 6.45) is 0. The lowest BCUT2D eigenvalue weighted by Gasteiger charge is -2.05. The van der Waals surface area contributed by atoms with Crippen molar-refractivity contribution < 1.29 is 4.52 Å². The summed E-state index contributed by atoms with van der Waals surface area (Å²) in [6, 6.07) is 3.69. The quantitative estimate of drug-likeness (QED) is 0.548. The van der Waals surface area contributed by atoms with Crippen LogP contribution in [0.5, 0.6) is 0 Å². The molecule has 0 fully saturated rings. The van der Waals surface area contributed by atoms with Gasteiger partial charge in [-0.15, -0.1) is 11.3 Å². The van der Waals surface area contributed by atoms with Crippen LogP contribution in [0.15, 0.2) is 32.0 Å². The van der Waals surface area contributed by atoms with Crippen molar-refractivity contribution in [3.05, 3.63) is 39.3 Å². The number of thiophene rings is 1. The molecule has 5 nitrogen and oxygen atoms in total. The minimum Gasteiger partial charge on any atom is -0.361 e. The maximum absolute atomic E-state index is 12.1. The smallest absolute Gasteiger partial charge is 0.262 e. The molecule has 0 aliphatic carbocycles. The van der Waals surface area contributed by atoms with E-state index < -0.39 is 0 Å². The van der Waals surface area contributed by atoms with E-state index in [1.165, 1.54) is 23.1 Å². The Kier molecular flexibility index (Phi) is 3.16. The highest BCUT2D eigenvalue weighted by atomic mass is 32.2. The number of aromatic nitrogens is 3. The maximum atomic E-state index is 12.1. The molecule has 3 aromatic heterocycles. The monoisotopic (exact) mass is 293 g/mol. The number of fused-ring (bicyclic) bond motifs is 1. The van der Waals surface area contributed by atoms with Crippen molar-refractivity contribution in [2.24, 2.45) is 7.05 Å². The van der Waals surface area contributed by atoms with Gasteiger partial charge in [0.2, 0.25) is 0 Å². The molecule has 0 saturated carbocycles. The zero-order valence-electron chi connectivity index (χ0n) is 10.4. The summed E-state index contributed by atoms with van der Waals surface area (Å²) >= 11 is 2.96. The fourth-order valence-electron chi connectivity index (χ4n) is 1.73. The molecule has 98 valence electrons. The summed E-state index contributed by atoms with van der Waals surface area (Å²) < 4.78 is 6.59. The highest BCUT2D eigenvalue weighted by Gasteiger charge is 2.10. The lowest BCUT2D eigenvalue weighted by molar-refractivity contribution is 0.393. The van der Waals surface area contributed by atoms with Crippen LogP contribution in [-0.2, 0) is 12.8 Å². The zero-order chi connectivity index (χ0) is 13.4. The predicted octanol–water partition coefficient (Wildman–Crippen LogP) is 2.58. The minimum atomic E-state index is -0.00918. The summed E-state index contributed by atoms with van der Waals surface area (Å²) in [5.74, 6) is 1.42. The van der Waals surface area contributed by atoms with Gasteiger partial charge in [-0.2, -0.15) is 0 Å². The fraction of sp³-hybridized carbons (Fsp3) is 0.250. The van der Waals surface area contributed by atoms with Crippen molar-refractivity contribution in [1.82, 2.24) is 14.7 Å². The number of thioether (sulfide) groups is 1. The summed E-state index contributed by atoms with van der Waals surface area (Å²) in [5, 5.41) is 7.18. The van der Waals surface area contributed by atoms with E-state index in [1.54, 1.807) is 11.6 Å². The molecule has 0 aromatic carbocycles. The Morgan fingerprint density at radius 2 is 2.37 bits per heavy atom. The number of nitrogens with zero attached hydrogens (tertiary/aromatic N) is 3. The van der Waals surface area contributed by atoms with Gasteiger partial charge < -0.3 is 4.52 Å². The molecule has 0 aliphatic rings. The van der Waals surface area contributed by atoms with Crippen molar-refractivity contribution in [3.63, 3.8) is 0 Å². The van der Waals surface area contributed by atoms with E-state index in [0.717, 1.165) is 16.3 Å². The minimum absolute atomic E-state index is 0.00918. The molecule has 3 aromatic rings. The molecule has 0 saturated heterocycles. The van der Waals surface area contributed by atoms with Crippen LogP contribution in [0.25, 0.3) is 10.2 Å². The van der Waals surface area contributed by atoms with Crippen LogP contribution in [0.2, 0.25) is 0 Å². The first-order chi connectivity index (χ1) is 9.15. The van der Waals surface area contributed by atoms with Gasteiger partial charge in [-0.1, -0.05) is 16.9 Å². The molecule has 0 atom stereocenters. The normalized spacial score (nSPS) is 11.3. The Bertz CT molecular complexity index is 788. The van der Waals surface area contributed by atoms with Crippen molar-refractivity contribution in [3.8, 4) is 0 Å². The van der Waals surface area contributed by atoms with Crippen molar-refractivity contribution in [2.45, 2.75) is 17.8 Å². The van der Waals surface area contributed by atoms with Gasteiger partial charge >= 0.3 is 0 Å². The number of hydrogen-bond donors (Lipinski definition) is 0. The van der Waals surface area contributed by atoms with Crippen LogP contribution in [0, 0.1) is 6.92 Å². The molecule has 7 heteroatoms. The van der Waals surface area contributed by atoms with Crippen LogP contribution in [-0.4, -0.2) is 14.7 Å². The lowest BCUT2D eigenvalue weighted by atomic mass is 10.4. The Labute approximate surface area is 117 Å². The molecule has 3 rings (SSSR count). The lowest BCUT2D eigenvalue weighted by Crippen LogP contribution is -2.19. The average Bonchev–Trinajstić information content (AvgIpc) is 3.01. The molecule has 0 bridgehead atoms. The first kappa shape index (κ1) is 12.4. The number of hydrogen-bond acceptors (Lipinski definition) is 6. The topological polar surface area (TPSA) is 60.9 Å². The first-order valence-electron chi connectivity index (χ1n) is 5.64. The molecule has 0 amide bonds. The number of aryl methyl sites for hydroxylation is 1. The van der Waals surface area contributed by atoms with Crippen molar-refractivity contribution in [1.29, 1.82) is 0 Å². The third-order valence-corrected chi connectivity index (χ3v) is 4.56. The van der Waals surface area contributed by atoms with Crippen molar-refractivity contribution >= 4 is 33.3 Å². The van der Waals surface area contributed by atoms with E-state index in [1.807, 2.05) is 24.4 Å². The van der Waals surface area contributed by atoms with E-state index in [9.17, 15) is 4.79 Å². The van der Waals surface area contributed by atoms with Gasteiger partial charge in [0, 0.05) is 18.9 Å². The molecule has 0 aliphatic heterocycles. The SMILES string of the molecule is Cc1cc(CSc2nc3sccc3c(=O)n2C)no1. The molecule has 0 N–H and O–H groups in total. The standard InChI is InChI=1S/C12H11N3O2S2/c1-7-5-8(14-17-7)6-19-12-13-10-9(3-4-18-10)11(16)15(12)2/h3-5H,6H2,1-2H3. The maximum Gasteiger partial charge on any atom is 0.262 e. The first-order valence-corrected chi connectivity index (χ1v) is 7.51. The van der Waals surface area contributed by atoms with Gasteiger partial charge in [-0.25, -0.2) is 4.98 Å². The Morgan fingerprint density at radius 1 is 1.53 bits per heavy atom. The van der Waals surface area contributed by atoms with E-state index >= 15 is 0 Å². The molecule has 3 heterocycles. The predicted molar refractivity (Wildman–Crippen MR) is 75.7 cm³/mol. The van der Waals surface area contributed by atoms with Crippen LogP contribution < -0.4 is 5.56 Å². The van der Waals surface area contributed by atoms with Gasteiger partial charge in [-0.3, -0.25) is 9.36 Å². The third kappa shape index (κ3) is 2.31. The fourth-order valence-corrected chi connectivity index (χ4v) is 3.39. The second-order valence-corrected chi connectivity index (χ2v) is 5.95. The van der Waals surface area contributed by atoms with Crippen LogP contribution in [0.4, 0.5) is 0 Å². The largest absolute Gasteiger partial charge is 0.361 e. The highest BCUT2D eigenvalue weighted by molar-refractivity contribution is 7.98. The van der Waals surface area contributed by atoms with Crippen LogP contribution in [0.3, 0.4) is 0 Å². The second-order valence-electron chi connectivity index (χ2n) is 4.12. The van der Waals surface area contributed by atoms with Gasteiger partial charge in [0.25, 0.3) is 5.56 Å². The summed E-state index contributed by atoms with van der Waals surface area (Å²) in [5.41, 5.74) is 0.841. The molecule has 0 radical (unpaired) electrons. The molecule has 19 heavy (non-hydrogen) atoms. The van der Waals surface area contributed by atoms with E-state index in [0.29, 0.717) is 16.3 Å². The molecular weight excluding hydrogens is 282 g/mol. The molecule has 0 spiro atoms. The van der Waals surface area contributed by atoms with Gasteiger partial charge in [-0.05, 0) is 18.4 Å². The molecule has 0 unspecified atom stereocenters. The highest BCUT2D eigenvalue weighted by Crippen LogP contribution is 2.23. The summed E-state index contributed by atoms with van der Waals surface area (Å²) in [7, 11) is 1.74. The van der Waals surface area contributed by atoms with E-state index in [4.69, 9.17) is 4.52 Å².